The number of benzene rings is 1. The lowest BCUT2D eigenvalue weighted by molar-refractivity contribution is 0.0950. The van der Waals surface area contributed by atoms with Crippen molar-refractivity contribution < 1.29 is 4.79 Å². The van der Waals surface area contributed by atoms with Crippen molar-refractivity contribution in [1.29, 1.82) is 0 Å². The molecule has 0 saturated carbocycles. The first-order valence-corrected chi connectivity index (χ1v) is 6.14. The molecule has 0 bridgehead atoms. The highest BCUT2D eigenvalue weighted by Gasteiger charge is 2.06. The number of amides is 1. The van der Waals surface area contributed by atoms with Crippen LogP contribution in [-0.2, 0) is 0 Å². The number of hydrogen-bond donors (Lipinski definition) is 1. The average Bonchev–Trinajstić information content (AvgIpc) is 2.49. The molecule has 0 spiro atoms. The Morgan fingerprint density at radius 3 is 2.53 bits per heavy atom. The first kappa shape index (κ1) is 13.0. The summed E-state index contributed by atoms with van der Waals surface area (Å²) in [5, 5.41) is 4.17. The highest BCUT2D eigenvalue weighted by molar-refractivity contribution is 6.01. The Hall–Kier alpha value is -2.49. The fourth-order valence-electron chi connectivity index (χ4n) is 1.65. The summed E-state index contributed by atoms with van der Waals surface area (Å²) >= 11 is 0. The molecule has 0 aliphatic rings. The Balaban J connectivity index is 2.11. The summed E-state index contributed by atoms with van der Waals surface area (Å²) in [6, 6.07) is 15.0. The molecule has 1 heterocycles. The van der Waals surface area contributed by atoms with Crippen LogP contribution in [0.5, 0.6) is 0 Å². The van der Waals surface area contributed by atoms with E-state index in [9.17, 15) is 4.79 Å². The Morgan fingerprint density at radius 2 is 1.89 bits per heavy atom. The zero-order valence-electron chi connectivity index (χ0n) is 10.7. The molecule has 0 saturated heterocycles. The quantitative estimate of drug-likeness (QED) is 0.672. The van der Waals surface area contributed by atoms with Gasteiger partial charge in [-0.15, -0.1) is 0 Å². The van der Waals surface area contributed by atoms with Crippen molar-refractivity contribution in [3.05, 3.63) is 66.0 Å². The van der Waals surface area contributed by atoms with Crippen molar-refractivity contribution in [1.82, 2.24) is 10.4 Å². The van der Waals surface area contributed by atoms with Crippen LogP contribution in [0.25, 0.3) is 0 Å². The largest absolute Gasteiger partial charge is 0.289 e. The van der Waals surface area contributed by atoms with Crippen molar-refractivity contribution in [2.24, 2.45) is 5.10 Å². The predicted octanol–water partition coefficient (Wildman–Crippen LogP) is 2.63. The number of carbonyl (C=O) groups excluding carboxylic acids is 1. The van der Waals surface area contributed by atoms with Crippen molar-refractivity contribution in [2.75, 3.05) is 0 Å². The molecule has 2 rings (SSSR count). The normalized spacial score (nSPS) is 11.1. The van der Waals surface area contributed by atoms with Gasteiger partial charge in [0.1, 0.15) is 5.69 Å². The topological polar surface area (TPSA) is 54.4 Å². The second kappa shape index (κ2) is 6.44. The first-order chi connectivity index (χ1) is 9.31. The summed E-state index contributed by atoms with van der Waals surface area (Å²) in [4.78, 5) is 15.8. The van der Waals surface area contributed by atoms with E-state index >= 15 is 0 Å². The van der Waals surface area contributed by atoms with Crippen molar-refractivity contribution in [3.63, 3.8) is 0 Å². The summed E-state index contributed by atoms with van der Waals surface area (Å²) in [7, 11) is 0. The minimum atomic E-state index is -0.303. The van der Waals surface area contributed by atoms with Gasteiger partial charge in [-0.25, -0.2) is 5.43 Å². The third-order valence-corrected chi connectivity index (χ3v) is 2.63. The molecule has 2 aromatic rings. The van der Waals surface area contributed by atoms with E-state index in [1.165, 1.54) is 0 Å². The van der Waals surface area contributed by atoms with E-state index in [1.54, 1.807) is 24.4 Å². The van der Waals surface area contributed by atoms with Crippen LogP contribution in [0.15, 0.2) is 59.8 Å². The molecule has 4 nitrogen and oxygen atoms in total. The van der Waals surface area contributed by atoms with E-state index in [0.717, 1.165) is 17.7 Å². The minimum Gasteiger partial charge on any atom is -0.266 e. The third-order valence-electron chi connectivity index (χ3n) is 2.63. The fraction of sp³-hybridized carbons (Fsp3) is 0.133. The van der Waals surface area contributed by atoms with Gasteiger partial charge in [-0.2, -0.15) is 5.10 Å². The van der Waals surface area contributed by atoms with Gasteiger partial charge < -0.3 is 0 Å². The van der Waals surface area contributed by atoms with Gasteiger partial charge in [-0.3, -0.25) is 9.78 Å². The van der Waals surface area contributed by atoms with Gasteiger partial charge in [-0.1, -0.05) is 43.3 Å². The van der Waals surface area contributed by atoms with Crippen LogP contribution in [0, 0.1) is 0 Å². The highest BCUT2D eigenvalue weighted by Crippen LogP contribution is 2.04. The van der Waals surface area contributed by atoms with Crippen LogP contribution in [0.3, 0.4) is 0 Å². The highest BCUT2D eigenvalue weighted by atomic mass is 16.2. The van der Waals surface area contributed by atoms with Crippen LogP contribution in [0.4, 0.5) is 0 Å². The summed E-state index contributed by atoms with van der Waals surface area (Å²) in [6.45, 7) is 2.00. The molecular weight excluding hydrogens is 238 g/mol. The Kier molecular flexibility index (Phi) is 4.39. The Labute approximate surface area is 112 Å². The fourth-order valence-corrected chi connectivity index (χ4v) is 1.65. The molecule has 0 aliphatic heterocycles. The second-order valence-electron chi connectivity index (χ2n) is 3.93. The summed E-state index contributed by atoms with van der Waals surface area (Å²) in [6.07, 6.45) is 2.32. The van der Waals surface area contributed by atoms with E-state index in [-0.39, 0.29) is 5.91 Å². The zero-order valence-corrected chi connectivity index (χ0v) is 10.7. The number of carbonyl (C=O) groups is 1. The lowest BCUT2D eigenvalue weighted by Crippen LogP contribution is -2.20. The molecule has 1 aromatic heterocycles. The predicted molar refractivity (Wildman–Crippen MR) is 75.0 cm³/mol. The lowest BCUT2D eigenvalue weighted by atomic mass is 10.1. The monoisotopic (exact) mass is 253 g/mol. The molecule has 0 unspecified atom stereocenters. The maximum absolute atomic E-state index is 11.8. The molecule has 96 valence electrons. The number of nitrogens with one attached hydrogen (secondary N) is 1. The number of pyridine rings is 1. The van der Waals surface area contributed by atoms with Gasteiger partial charge in [0.15, 0.2) is 0 Å². The number of aromatic nitrogens is 1. The number of hydrogen-bond acceptors (Lipinski definition) is 3. The summed E-state index contributed by atoms with van der Waals surface area (Å²) < 4.78 is 0. The molecular formula is C15H15N3O. The lowest BCUT2D eigenvalue weighted by Gasteiger charge is -2.04. The maximum Gasteiger partial charge on any atom is 0.289 e. The zero-order chi connectivity index (χ0) is 13.5. The molecule has 1 N–H and O–H groups in total. The maximum atomic E-state index is 11.8. The number of rotatable bonds is 4. The number of hydrazone groups is 1. The van der Waals surface area contributed by atoms with Gasteiger partial charge in [-0.05, 0) is 24.1 Å². The van der Waals surface area contributed by atoms with Gasteiger partial charge in [0.05, 0.1) is 5.71 Å². The first-order valence-electron chi connectivity index (χ1n) is 6.14. The van der Waals surface area contributed by atoms with Crippen LogP contribution in [-0.4, -0.2) is 16.6 Å². The van der Waals surface area contributed by atoms with E-state index in [4.69, 9.17) is 0 Å². The smallest absolute Gasteiger partial charge is 0.266 e. The van der Waals surface area contributed by atoms with E-state index < -0.39 is 0 Å². The molecule has 0 radical (unpaired) electrons. The van der Waals surface area contributed by atoms with Crippen LogP contribution >= 0.6 is 0 Å². The molecule has 0 atom stereocenters. The molecule has 0 fully saturated rings. The molecule has 4 heteroatoms. The van der Waals surface area contributed by atoms with Gasteiger partial charge in [0, 0.05) is 6.20 Å². The van der Waals surface area contributed by atoms with Gasteiger partial charge >= 0.3 is 0 Å². The molecule has 0 aliphatic carbocycles. The molecule has 1 amide bonds. The molecule has 1 aromatic carbocycles. The van der Waals surface area contributed by atoms with E-state index in [0.29, 0.717) is 5.69 Å². The Bertz CT molecular complexity index is 564. The molecule has 19 heavy (non-hydrogen) atoms. The minimum absolute atomic E-state index is 0.303. The van der Waals surface area contributed by atoms with Crippen LogP contribution in [0.2, 0.25) is 0 Å². The van der Waals surface area contributed by atoms with Crippen molar-refractivity contribution in [2.45, 2.75) is 13.3 Å². The van der Waals surface area contributed by atoms with Gasteiger partial charge in [0.25, 0.3) is 5.91 Å². The van der Waals surface area contributed by atoms with Gasteiger partial charge in [0.2, 0.25) is 0 Å². The van der Waals surface area contributed by atoms with Crippen molar-refractivity contribution >= 4 is 11.6 Å². The average molecular weight is 253 g/mol. The van der Waals surface area contributed by atoms with Crippen molar-refractivity contribution in [3.8, 4) is 0 Å². The summed E-state index contributed by atoms with van der Waals surface area (Å²) in [5.41, 5.74) is 4.73. The van der Waals surface area contributed by atoms with E-state index in [2.05, 4.69) is 15.5 Å². The second-order valence-corrected chi connectivity index (χ2v) is 3.93. The Morgan fingerprint density at radius 1 is 1.16 bits per heavy atom. The third kappa shape index (κ3) is 3.48. The van der Waals surface area contributed by atoms with Crippen LogP contribution < -0.4 is 5.43 Å². The van der Waals surface area contributed by atoms with Crippen LogP contribution in [0.1, 0.15) is 29.4 Å². The summed E-state index contributed by atoms with van der Waals surface area (Å²) in [5.74, 6) is -0.303. The SMILES string of the molecule is CCC(=NNC(=O)c1ccccn1)c1ccccc1. The standard InChI is InChI=1S/C15H15N3O/c1-2-13(12-8-4-3-5-9-12)17-18-15(19)14-10-6-7-11-16-14/h3-11H,2H2,1H3,(H,18,19). The van der Waals surface area contributed by atoms with E-state index in [1.807, 2.05) is 37.3 Å². The number of nitrogens with zero attached hydrogens (tertiary/aromatic N) is 2.